The number of anilines is 1. The van der Waals surface area contributed by atoms with Crippen molar-refractivity contribution >= 4 is 28.5 Å². The third-order valence-corrected chi connectivity index (χ3v) is 5.96. The number of carbonyl (C=O) groups excluding carboxylic acids is 2. The van der Waals surface area contributed by atoms with E-state index >= 15 is 0 Å². The zero-order chi connectivity index (χ0) is 23.8. The molecule has 0 bridgehead atoms. The monoisotopic (exact) mass is 459 g/mol. The Labute approximate surface area is 188 Å². The number of benzene rings is 2. The largest absolute Gasteiger partial charge is 0.417 e. The van der Waals surface area contributed by atoms with Gasteiger partial charge in [0.25, 0.3) is 11.8 Å². The third kappa shape index (κ3) is 4.56. The number of nitrogens with zero attached hydrogens (tertiary/aromatic N) is 3. The SMILES string of the molecule is Cn1cnc2c(C(=O)NC3CCCCC3)cc(N(N)C(=O)c3ccccc3C(F)(F)F)cc21. The fourth-order valence-corrected chi connectivity index (χ4v) is 4.20. The van der Waals surface area contributed by atoms with Gasteiger partial charge in [0.05, 0.1) is 34.2 Å². The molecule has 10 heteroatoms. The number of nitrogens with two attached hydrogens (primary N) is 1. The van der Waals surface area contributed by atoms with Gasteiger partial charge in [0, 0.05) is 13.1 Å². The van der Waals surface area contributed by atoms with Crippen LogP contribution in [0.2, 0.25) is 0 Å². The highest BCUT2D eigenvalue weighted by Crippen LogP contribution is 2.33. The minimum absolute atomic E-state index is 0.0444. The number of hydrogen-bond donors (Lipinski definition) is 2. The molecule has 1 aliphatic rings. The first-order valence-corrected chi connectivity index (χ1v) is 10.7. The Bertz CT molecular complexity index is 1200. The highest BCUT2D eigenvalue weighted by molar-refractivity contribution is 6.10. The van der Waals surface area contributed by atoms with Gasteiger partial charge >= 0.3 is 6.18 Å². The molecule has 1 aromatic heterocycles. The molecule has 174 valence electrons. The molecule has 2 aromatic carbocycles. The second kappa shape index (κ2) is 8.86. The van der Waals surface area contributed by atoms with Crippen LogP contribution in [0.3, 0.4) is 0 Å². The molecule has 33 heavy (non-hydrogen) atoms. The molecule has 0 atom stereocenters. The van der Waals surface area contributed by atoms with Crippen molar-refractivity contribution < 1.29 is 22.8 Å². The third-order valence-electron chi connectivity index (χ3n) is 5.96. The first-order chi connectivity index (χ1) is 15.7. The first kappa shape index (κ1) is 22.8. The van der Waals surface area contributed by atoms with Crippen molar-refractivity contribution in [2.45, 2.75) is 44.3 Å². The van der Waals surface area contributed by atoms with Crippen molar-refractivity contribution in [3.8, 4) is 0 Å². The minimum Gasteiger partial charge on any atom is -0.349 e. The van der Waals surface area contributed by atoms with Crippen LogP contribution in [0.4, 0.5) is 18.9 Å². The van der Waals surface area contributed by atoms with Crippen molar-refractivity contribution in [3.05, 3.63) is 59.4 Å². The Morgan fingerprint density at radius 1 is 1.12 bits per heavy atom. The molecular weight excluding hydrogens is 435 g/mol. The molecule has 3 N–H and O–H groups in total. The Hall–Kier alpha value is -3.40. The maximum absolute atomic E-state index is 13.4. The summed E-state index contributed by atoms with van der Waals surface area (Å²) >= 11 is 0. The van der Waals surface area contributed by atoms with Gasteiger partial charge in [-0.25, -0.2) is 15.8 Å². The first-order valence-electron chi connectivity index (χ1n) is 10.7. The zero-order valence-corrected chi connectivity index (χ0v) is 18.0. The normalized spacial score (nSPS) is 14.9. The van der Waals surface area contributed by atoms with E-state index in [1.54, 1.807) is 11.6 Å². The molecule has 7 nitrogen and oxygen atoms in total. The molecule has 0 aliphatic heterocycles. The lowest BCUT2D eigenvalue weighted by Gasteiger charge is -2.23. The Balaban J connectivity index is 1.72. The van der Waals surface area contributed by atoms with Crippen molar-refractivity contribution in [1.82, 2.24) is 14.9 Å². The van der Waals surface area contributed by atoms with Gasteiger partial charge in [0.15, 0.2) is 0 Å². The number of halogens is 3. The Morgan fingerprint density at radius 3 is 2.52 bits per heavy atom. The van der Waals surface area contributed by atoms with Crippen LogP contribution in [0.15, 0.2) is 42.7 Å². The standard InChI is InChI=1S/C23H24F3N5O2/c1-30-13-28-20-17(21(32)29-14-7-3-2-4-8-14)11-15(12-19(20)30)31(27)22(33)16-9-5-6-10-18(16)23(24,25)26/h5-6,9-14H,2-4,7-8,27H2,1H3,(H,29,32). The number of hydrogen-bond acceptors (Lipinski definition) is 4. The van der Waals surface area contributed by atoms with Crippen LogP contribution in [0.25, 0.3) is 11.0 Å². The lowest BCUT2D eigenvalue weighted by Crippen LogP contribution is -2.39. The van der Waals surface area contributed by atoms with E-state index in [-0.39, 0.29) is 23.2 Å². The summed E-state index contributed by atoms with van der Waals surface area (Å²) in [5.74, 6) is 4.60. The van der Waals surface area contributed by atoms with Gasteiger partial charge in [0.1, 0.15) is 5.52 Å². The molecule has 4 rings (SSSR count). The summed E-state index contributed by atoms with van der Waals surface area (Å²) in [7, 11) is 1.71. The van der Waals surface area contributed by atoms with Gasteiger partial charge in [-0.05, 0) is 37.1 Å². The molecule has 1 heterocycles. The van der Waals surface area contributed by atoms with Crippen molar-refractivity contribution in [1.29, 1.82) is 0 Å². The number of fused-ring (bicyclic) bond motifs is 1. The van der Waals surface area contributed by atoms with E-state index in [4.69, 9.17) is 5.84 Å². The minimum atomic E-state index is -4.72. The summed E-state index contributed by atoms with van der Waals surface area (Å²) in [5, 5.41) is 3.64. The molecule has 0 radical (unpaired) electrons. The fourth-order valence-electron chi connectivity index (χ4n) is 4.20. The summed E-state index contributed by atoms with van der Waals surface area (Å²) < 4.78 is 41.9. The summed E-state index contributed by atoms with van der Waals surface area (Å²) in [6.45, 7) is 0. The van der Waals surface area contributed by atoms with E-state index in [0.717, 1.165) is 44.2 Å². The molecule has 3 aromatic rings. The quantitative estimate of drug-likeness (QED) is 0.348. The average molecular weight is 459 g/mol. The van der Waals surface area contributed by atoms with Crippen LogP contribution in [0.5, 0.6) is 0 Å². The molecule has 1 saturated carbocycles. The number of aromatic nitrogens is 2. The van der Waals surface area contributed by atoms with Crippen molar-refractivity contribution in [2.75, 3.05) is 5.01 Å². The Kier molecular flexibility index (Phi) is 6.11. The van der Waals surface area contributed by atoms with E-state index in [9.17, 15) is 22.8 Å². The number of carbonyl (C=O) groups is 2. The number of hydrazine groups is 1. The van der Waals surface area contributed by atoms with Crippen LogP contribution in [-0.2, 0) is 13.2 Å². The summed E-state index contributed by atoms with van der Waals surface area (Å²) in [4.78, 5) is 30.3. The van der Waals surface area contributed by atoms with Gasteiger partial charge in [-0.15, -0.1) is 0 Å². The van der Waals surface area contributed by atoms with Gasteiger partial charge < -0.3 is 9.88 Å². The second-order valence-corrected chi connectivity index (χ2v) is 8.24. The van der Waals surface area contributed by atoms with E-state index in [2.05, 4.69) is 10.3 Å². The number of imidazole rings is 1. The van der Waals surface area contributed by atoms with E-state index < -0.39 is 23.2 Å². The van der Waals surface area contributed by atoms with E-state index in [1.165, 1.54) is 30.6 Å². The Morgan fingerprint density at radius 2 is 1.82 bits per heavy atom. The van der Waals surface area contributed by atoms with Crippen LogP contribution < -0.4 is 16.2 Å². The maximum Gasteiger partial charge on any atom is 0.417 e. The number of amides is 2. The lowest BCUT2D eigenvalue weighted by molar-refractivity contribution is -0.137. The average Bonchev–Trinajstić information content (AvgIpc) is 3.18. The van der Waals surface area contributed by atoms with Gasteiger partial charge in [-0.3, -0.25) is 9.59 Å². The second-order valence-electron chi connectivity index (χ2n) is 8.24. The predicted molar refractivity (Wildman–Crippen MR) is 117 cm³/mol. The number of aryl methyl sites for hydroxylation is 1. The van der Waals surface area contributed by atoms with Crippen LogP contribution in [0.1, 0.15) is 58.4 Å². The van der Waals surface area contributed by atoms with Crippen LogP contribution in [0, 0.1) is 0 Å². The molecule has 2 amide bonds. The molecule has 1 fully saturated rings. The molecule has 0 saturated heterocycles. The van der Waals surface area contributed by atoms with Gasteiger partial charge in [-0.1, -0.05) is 31.4 Å². The molecule has 0 unspecified atom stereocenters. The van der Waals surface area contributed by atoms with Crippen LogP contribution >= 0.6 is 0 Å². The summed E-state index contributed by atoms with van der Waals surface area (Å²) in [5.41, 5.74) is -0.421. The van der Waals surface area contributed by atoms with E-state index in [0.29, 0.717) is 16.0 Å². The molecule has 1 aliphatic carbocycles. The fraction of sp³-hybridized carbons (Fsp3) is 0.348. The van der Waals surface area contributed by atoms with Gasteiger partial charge in [0.2, 0.25) is 0 Å². The highest BCUT2D eigenvalue weighted by Gasteiger charge is 2.36. The lowest BCUT2D eigenvalue weighted by atomic mass is 9.95. The van der Waals surface area contributed by atoms with Gasteiger partial charge in [-0.2, -0.15) is 13.2 Å². The maximum atomic E-state index is 13.4. The number of rotatable bonds is 4. The molecule has 0 spiro atoms. The summed E-state index contributed by atoms with van der Waals surface area (Å²) in [6.07, 6.45) is 1.77. The topological polar surface area (TPSA) is 93.2 Å². The summed E-state index contributed by atoms with van der Waals surface area (Å²) in [6, 6.07) is 7.40. The van der Waals surface area contributed by atoms with Crippen molar-refractivity contribution in [3.63, 3.8) is 0 Å². The van der Waals surface area contributed by atoms with Crippen LogP contribution in [-0.4, -0.2) is 27.4 Å². The predicted octanol–water partition coefficient (Wildman–Crippen LogP) is 4.18. The van der Waals surface area contributed by atoms with E-state index in [1.807, 2.05) is 0 Å². The number of nitrogens with one attached hydrogen (secondary N) is 1. The van der Waals surface area contributed by atoms with Crippen molar-refractivity contribution in [2.24, 2.45) is 12.9 Å². The number of alkyl halides is 3. The smallest absolute Gasteiger partial charge is 0.349 e. The zero-order valence-electron chi connectivity index (χ0n) is 18.0. The molecular formula is C23H24F3N5O2. The highest BCUT2D eigenvalue weighted by atomic mass is 19.4.